The molecule has 1 atom stereocenters. The molecular formula is C21H23N3O2. The summed E-state index contributed by atoms with van der Waals surface area (Å²) in [5, 5.41) is 16.9. The second-order valence-corrected chi connectivity index (χ2v) is 6.40. The third-order valence-corrected chi connectivity index (χ3v) is 4.34. The standard InChI is InChI=1S/C21H23N3O2/c1-15-12-16(2)24(23-15)13-17-8-10-19(11-9-17)21(26)22-20(14-25)18-6-4-3-5-7-18/h3-12,20,25H,13-14H2,1-2H3,(H,22,26). The molecule has 1 amide bonds. The number of aliphatic hydroxyl groups is 1. The predicted octanol–water partition coefficient (Wildman–Crippen LogP) is 3.01. The van der Waals surface area contributed by atoms with E-state index >= 15 is 0 Å². The fourth-order valence-electron chi connectivity index (χ4n) is 2.93. The molecule has 0 fully saturated rings. The number of benzene rings is 2. The van der Waals surface area contributed by atoms with Crippen LogP contribution in [-0.4, -0.2) is 27.4 Å². The van der Waals surface area contributed by atoms with Gasteiger partial charge in [0.05, 0.1) is 24.9 Å². The van der Waals surface area contributed by atoms with E-state index in [1.165, 1.54) is 0 Å². The van der Waals surface area contributed by atoms with E-state index in [0.29, 0.717) is 12.1 Å². The van der Waals surface area contributed by atoms with Gasteiger partial charge in [-0.05, 0) is 43.2 Å². The third-order valence-electron chi connectivity index (χ3n) is 4.34. The van der Waals surface area contributed by atoms with Crippen LogP contribution in [0.5, 0.6) is 0 Å². The highest BCUT2D eigenvalue weighted by molar-refractivity contribution is 5.94. The van der Waals surface area contributed by atoms with Gasteiger partial charge in [0.15, 0.2) is 0 Å². The molecule has 26 heavy (non-hydrogen) atoms. The van der Waals surface area contributed by atoms with Crippen molar-refractivity contribution < 1.29 is 9.90 Å². The lowest BCUT2D eigenvalue weighted by Gasteiger charge is -2.17. The van der Waals surface area contributed by atoms with Gasteiger partial charge in [0.2, 0.25) is 0 Å². The van der Waals surface area contributed by atoms with Gasteiger partial charge in [0.1, 0.15) is 0 Å². The third kappa shape index (κ3) is 4.18. The molecule has 2 N–H and O–H groups in total. The number of carbonyl (C=O) groups excluding carboxylic acids is 1. The Bertz CT molecular complexity index is 870. The highest BCUT2D eigenvalue weighted by atomic mass is 16.3. The van der Waals surface area contributed by atoms with Crippen LogP contribution < -0.4 is 5.32 Å². The minimum atomic E-state index is -0.418. The van der Waals surface area contributed by atoms with Crippen LogP contribution >= 0.6 is 0 Å². The first-order valence-corrected chi connectivity index (χ1v) is 8.63. The van der Waals surface area contributed by atoms with E-state index in [1.807, 2.05) is 67.1 Å². The predicted molar refractivity (Wildman–Crippen MR) is 101 cm³/mol. The van der Waals surface area contributed by atoms with E-state index < -0.39 is 6.04 Å². The zero-order valence-electron chi connectivity index (χ0n) is 15.0. The molecule has 0 radical (unpaired) electrons. The fraction of sp³-hybridized carbons (Fsp3) is 0.238. The van der Waals surface area contributed by atoms with Crippen LogP contribution in [0.2, 0.25) is 0 Å². The van der Waals surface area contributed by atoms with Gasteiger partial charge in [-0.1, -0.05) is 42.5 Å². The van der Waals surface area contributed by atoms with Crippen molar-refractivity contribution in [1.29, 1.82) is 0 Å². The number of aliphatic hydroxyl groups excluding tert-OH is 1. The average molecular weight is 349 g/mol. The number of nitrogens with one attached hydrogen (secondary N) is 1. The number of hydrogen-bond donors (Lipinski definition) is 2. The average Bonchev–Trinajstić information content (AvgIpc) is 2.97. The molecule has 0 saturated heterocycles. The van der Waals surface area contributed by atoms with Crippen LogP contribution in [-0.2, 0) is 6.54 Å². The Kier molecular flexibility index (Phi) is 5.49. The zero-order chi connectivity index (χ0) is 18.5. The second-order valence-electron chi connectivity index (χ2n) is 6.40. The summed E-state index contributed by atoms with van der Waals surface area (Å²) in [6.07, 6.45) is 0. The van der Waals surface area contributed by atoms with Gasteiger partial charge in [0, 0.05) is 11.3 Å². The summed E-state index contributed by atoms with van der Waals surface area (Å²) in [5.41, 5.74) is 4.63. The Morgan fingerprint density at radius 3 is 2.38 bits per heavy atom. The van der Waals surface area contributed by atoms with Crippen molar-refractivity contribution >= 4 is 5.91 Å². The molecule has 3 rings (SSSR count). The maximum absolute atomic E-state index is 12.5. The van der Waals surface area contributed by atoms with E-state index in [4.69, 9.17) is 0 Å². The molecular weight excluding hydrogens is 326 g/mol. The van der Waals surface area contributed by atoms with Gasteiger partial charge in [-0.2, -0.15) is 5.10 Å². The van der Waals surface area contributed by atoms with Gasteiger partial charge in [-0.3, -0.25) is 9.48 Å². The molecule has 2 aromatic carbocycles. The zero-order valence-corrected chi connectivity index (χ0v) is 15.0. The molecule has 134 valence electrons. The summed E-state index contributed by atoms with van der Waals surface area (Å²) in [7, 11) is 0. The molecule has 0 spiro atoms. The normalized spacial score (nSPS) is 12.0. The molecule has 3 aromatic rings. The Hall–Kier alpha value is -2.92. The summed E-state index contributed by atoms with van der Waals surface area (Å²) in [4.78, 5) is 12.5. The molecule has 0 saturated carbocycles. The Balaban J connectivity index is 1.67. The molecule has 1 heterocycles. The molecule has 5 nitrogen and oxygen atoms in total. The molecule has 0 aliphatic carbocycles. The maximum Gasteiger partial charge on any atom is 0.251 e. The van der Waals surface area contributed by atoms with Crippen molar-refractivity contribution in [1.82, 2.24) is 15.1 Å². The van der Waals surface area contributed by atoms with Gasteiger partial charge >= 0.3 is 0 Å². The summed E-state index contributed by atoms with van der Waals surface area (Å²) < 4.78 is 1.95. The van der Waals surface area contributed by atoms with Gasteiger partial charge in [-0.25, -0.2) is 0 Å². The minimum absolute atomic E-state index is 0.147. The van der Waals surface area contributed by atoms with E-state index in [0.717, 1.165) is 22.5 Å². The quantitative estimate of drug-likeness (QED) is 0.719. The number of aryl methyl sites for hydroxylation is 2. The maximum atomic E-state index is 12.5. The first-order chi connectivity index (χ1) is 12.6. The van der Waals surface area contributed by atoms with Crippen LogP contribution in [0.15, 0.2) is 60.7 Å². The Labute approximate surface area is 153 Å². The van der Waals surface area contributed by atoms with Gasteiger partial charge in [0.25, 0.3) is 5.91 Å². The van der Waals surface area contributed by atoms with E-state index in [-0.39, 0.29) is 12.5 Å². The van der Waals surface area contributed by atoms with Crippen LogP contribution in [0.4, 0.5) is 0 Å². The summed E-state index contributed by atoms with van der Waals surface area (Å²) >= 11 is 0. The summed E-state index contributed by atoms with van der Waals surface area (Å²) in [5.74, 6) is -0.203. The van der Waals surface area contributed by atoms with E-state index in [2.05, 4.69) is 10.4 Å². The number of hydrogen-bond acceptors (Lipinski definition) is 3. The van der Waals surface area contributed by atoms with Crippen molar-refractivity contribution in [2.24, 2.45) is 0 Å². The first-order valence-electron chi connectivity index (χ1n) is 8.63. The molecule has 1 aromatic heterocycles. The van der Waals surface area contributed by atoms with Crippen LogP contribution in [0.25, 0.3) is 0 Å². The van der Waals surface area contributed by atoms with Gasteiger partial charge in [-0.15, -0.1) is 0 Å². The number of amides is 1. The van der Waals surface area contributed by atoms with Crippen molar-refractivity contribution in [3.05, 3.63) is 88.7 Å². The lowest BCUT2D eigenvalue weighted by atomic mass is 10.1. The smallest absolute Gasteiger partial charge is 0.251 e. The highest BCUT2D eigenvalue weighted by Gasteiger charge is 2.14. The first kappa shape index (κ1) is 17.9. The molecule has 0 bridgehead atoms. The lowest BCUT2D eigenvalue weighted by Crippen LogP contribution is -2.30. The SMILES string of the molecule is Cc1cc(C)n(Cc2ccc(C(=O)NC(CO)c3ccccc3)cc2)n1. The van der Waals surface area contributed by atoms with Crippen LogP contribution in [0.1, 0.15) is 38.9 Å². The van der Waals surface area contributed by atoms with Crippen LogP contribution in [0.3, 0.4) is 0 Å². The Morgan fingerprint density at radius 2 is 1.81 bits per heavy atom. The topological polar surface area (TPSA) is 67.2 Å². The molecule has 1 unspecified atom stereocenters. The van der Waals surface area contributed by atoms with Crippen LogP contribution in [0, 0.1) is 13.8 Å². The highest BCUT2D eigenvalue weighted by Crippen LogP contribution is 2.14. The lowest BCUT2D eigenvalue weighted by molar-refractivity contribution is 0.0916. The van der Waals surface area contributed by atoms with Gasteiger partial charge < -0.3 is 10.4 Å². The minimum Gasteiger partial charge on any atom is -0.394 e. The number of aromatic nitrogens is 2. The number of rotatable bonds is 6. The molecule has 0 aliphatic heterocycles. The fourth-order valence-corrected chi connectivity index (χ4v) is 2.93. The second kappa shape index (κ2) is 7.97. The van der Waals surface area contributed by atoms with Crippen molar-refractivity contribution in [3.8, 4) is 0 Å². The molecule has 0 aliphatic rings. The largest absolute Gasteiger partial charge is 0.394 e. The summed E-state index contributed by atoms with van der Waals surface area (Å²) in [6, 6.07) is 18.5. The van der Waals surface area contributed by atoms with Crippen molar-refractivity contribution in [2.75, 3.05) is 6.61 Å². The van der Waals surface area contributed by atoms with E-state index in [1.54, 1.807) is 12.1 Å². The monoisotopic (exact) mass is 349 g/mol. The Morgan fingerprint density at radius 1 is 1.12 bits per heavy atom. The van der Waals surface area contributed by atoms with E-state index in [9.17, 15) is 9.90 Å². The van der Waals surface area contributed by atoms with Crippen molar-refractivity contribution in [2.45, 2.75) is 26.4 Å². The van der Waals surface area contributed by atoms with Crippen molar-refractivity contribution in [3.63, 3.8) is 0 Å². The molecule has 5 heteroatoms. The summed E-state index contributed by atoms with van der Waals surface area (Å²) in [6.45, 7) is 4.53. The number of nitrogens with zero attached hydrogens (tertiary/aromatic N) is 2. The number of carbonyl (C=O) groups is 1.